The number of hydrogen-bond acceptors (Lipinski definition) is 4. The van der Waals surface area contributed by atoms with Crippen LogP contribution in [0.3, 0.4) is 0 Å². The zero-order valence-corrected chi connectivity index (χ0v) is 15.3. The standard InChI is InChI=1S/C18H26N4OS/c1-14(17-20-15-8-4-5-9-16(15)24-17)21(2)18(23)19-10-13-22-11-6-3-7-12-22/h4-5,8-9,14H,3,6-7,10-13H2,1-2H3,(H,19,23)/t14-/m0/s1. The van der Waals surface area contributed by atoms with Gasteiger partial charge in [0.1, 0.15) is 5.01 Å². The lowest BCUT2D eigenvalue weighted by Crippen LogP contribution is -2.43. The number of carbonyl (C=O) groups is 1. The Balaban J connectivity index is 1.52. The Morgan fingerprint density at radius 1 is 1.33 bits per heavy atom. The summed E-state index contributed by atoms with van der Waals surface area (Å²) < 4.78 is 1.17. The Hall–Kier alpha value is -1.66. The van der Waals surface area contributed by atoms with E-state index in [1.165, 1.54) is 24.0 Å². The van der Waals surface area contributed by atoms with Crippen molar-refractivity contribution in [1.29, 1.82) is 0 Å². The van der Waals surface area contributed by atoms with Crippen molar-refractivity contribution in [2.24, 2.45) is 0 Å². The average molecular weight is 347 g/mol. The van der Waals surface area contributed by atoms with E-state index in [0.29, 0.717) is 6.54 Å². The summed E-state index contributed by atoms with van der Waals surface area (Å²) in [6, 6.07) is 8.04. The molecule has 1 fully saturated rings. The molecular weight excluding hydrogens is 320 g/mol. The maximum Gasteiger partial charge on any atom is 0.317 e. The fourth-order valence-corrected chi connectivity index (χ4v) is 4.10. The van der Waals surface area contributed by atoms with Crippen molar-refractivity contribution >= 4 is 27.6 Å². The van der Waals surface area contributed by atoms with Crippen LogP contribution in [0.25, 0.3) is 10.2 Å². The third-order valence-electron chi connectivity index (χ3n) is 4.72. The number of para-hydroxylation sites is 1. The van der Waals surface area contributed by atoms with Gasteiger partial charge in [0.15, 0.2) is 0 Å². The van der Waals surface area contributed by atoms with Crippen molar-refractivity contribution in [3.63, 3.8) is 0 Å². The van der Waals surface area contributed by atoms with Gasteiger partial charge in [-0.1, -0.05) is 18.6 Å². The van der Waals surface area contributed by atoms with Gasteiger partial charge in [0.2, 0.25) is 0 Å². The van der Waals surface area contributed by atoms with Gasteiger partial charge in [0, 0.05) is 20.1 Å². The van der Waals surface area contributed by atoms with Gasteiger partial charge in [-0.05, 0) is 45.0 Å². The highest BCUT2D eigenvalue weighted by Crippen LogP contribution is 2.28. The first-order valence-electron chi connectivity index (χ1n) is 8.73. The maximum absolute atomic E-state index is 12.4. The first kappa shape index (κ1) is 17.2. The summed E-state index contributed by atoms with van der Waals surface area (Å²) >= 11 is 1.66. The summed E-state index contributed by atoms with van der Waals surface area (Å²) in [7, 11) is 1.84. The van der Waals surface area contributed by atoms with Crippen LogP contribution in [0.15, 0.2) is 24.3 Å². The fraction of sp³-hybridized carbons (Fsp3) is 0.556. The van der Waals surface area contributed by atoms with Gasteiger partial charge in [-0.3, -0.25) is 0 Å². The molecule has 0 saturated carbocycles. The van der Waals surface area contributed by atoms with Crippen LogP contribution in [0, 0.1) is 0 Å². The summed E-state index contributed by atoms with van der Waals surface area (Å²) in [5.74, 6) is 0. The molecule has 130 valence electrons. The molecule has 0 unspecified atom stereocenters. The Morgan fingerprint density at radius 3 is 2.83 bits per heavy atom. The largest absolute Gasteiger partial charge is 0.337 e. The smallest absolute Gasteiger partial charge is 0.317 e. The molecule has 2 aromatic rings. The number of likely N-dealkylation sites (tertiary alicyclic amines) is 1. The minimum atomic E-state index is -0.0302. The van der Waals surface area contributed by atoms with Crippen LogP contribution in [0.5, 0.6) is 0 Å². The number of aromatic nitrogens is 1. The molecule has 0 radical (unpaired) electrons. The van der Waals surface area contributed by atoms with Gasteiger partial charge >= 0.3 is 6.03 Å². The minimum Gasteiger partial charge on any atom is -0.337 e. The van der Waals surface area contributed by atoms with Crippen LogP contribution in [0.1, 0.15) is 37.2 Å². The predicted molar refractivity (Wildman–Crippen MR) is 99.5 cm³/mol. The van der Waals surface area contributed by atoms with E-state index in [1.807, 2.05) is 32.2 Å². The SMILES string of the molecule is C[C@@H](c1nc2ccccc2s1)N(C)C(=O)NCCN1CCCCC1. The highest BCUT2D eigenvalue weighted by molar-refractivity contribution is 7.18. The number of rotatable bonds is 5. The molecule has 0 bridgehead atoms. The van der Waals surface area contributed by atoms with E-state index in [0.717, 1.165) is 30.2 Å². The number of piperidine rings is 1. The lowest BCUT2D eigenvalue weighted by molar-refractivity contribution is 0.188. The molecule has 1 aromatic carbocycles. The summed E-state index contributed by atoms with van der Waals surface area (Å²) in [5.41, 5.74) is 1.00. The Morgan fingerprint density at radius 2 is 2.08 bits per heavy atom. The molecule has 1 aliphatic rings. The Bertz CT molecular complexity index is 647. The summed E-state index contributed by atoms with van der Waals surface area (Å²) in [6.45, 7) is 5.99. The fourth-order valence-electron chi connectivity index (χ4n) is 3.04. The number of carbonyl (C=O) groups excluding carboxylic acids is 1. The number of urea groups is 1. The van der Waals surface area contributed by atoms with Crippen LogP contribution in [-0.4, -0.2) is 54.0 Å². The van der Waals surface area contributed by atoms with E-state index in [9.17, 15) is 4.79 Å². The average Bonchev–Trinajstić information content (AvgIpc) is 3.05. The number of nitrogens with one attached hydrogen (secondary N) is 1. The topological polar surface area (TPSA) is 48.5 Å². The second-order valence-electron chi connectivity index (χ2n) is 6.44. The van der Waals surface area contributed by atoms with Gasteiger partial charge < -0.3 is 15.1 Å². The number of nitrogens with zero attached hydrogens (tertiary/aromatic N) is 3. The van der Waals surface area contributed by atoms with Crippen molar-refractivity contribution in [3.8, 4) is 0 Å². The lowest BCUT2D eigenvalue weighted by atomic mass is 10.1. The molecule has 1 atom stereocenters. The van der Waals surface area contributed by atoms with Crippen LogP contribution in [-0.2, 0) is 0 Å². The van der Waals surface area contributed by atoms with Gasteiger partial charge in [-0.15, -0.1) is 11.3 Å². The number of hydrogen-bond donors (Lipinski definition) is 1. The summed E-state index contributed by atoms with van der Waals surface area (Å²) in [6.07, 6.45) is 3.90. The second kappa shape index (κ2) is 7.94. The molecule has 24 heavy (non-hydrogen) atoms. The van der Waals surface area contributed by atoms with E-state index in [-0.39, 0.29) is 12.1 Å². The zero-order valence-electron chi connectivity index (χ0n) is 14.5. The molecule has 0 spiro atoms. The third kappa shape index (κ3) is 4.05. The van der Waals surface area contributed by atoms with Crippen molar-refractivity contribution in [1.82, 2.24) is 20.1 Å². The normalized spacial score (nSPS) is 16.9. The monoisotopic (exact) mass is 346 g/mol. The Labute approximate surface area is 147 Å². The van der Waals surface area contributed by atoms with Gasteiger partial charge in [-0.2, -0.15) is 0 Å². The van der Waals surface area contributed by atoms with E-state index in [4.69, 9.17) is 0 Å². The number of benzene rings is 1. The minimum absolute atomic E-state index is 0.0289. The number of fused-ring (bicyclic) bond motifs is 1. The van der Waals surface area contributed by atoms with E-state index in [2.05, 4.69) is 21.3 Å². The summed E-state index contributed by atoms with van der Waals surface area (Å²) in [5, 5.41) is 4.01. The number of amides is 2. The molecule has 0 aliphatic carbocycles. The van der Waals surface area contributed by atoms with E-state index in [1.54, 1.807) is 16.2 Å². The van der Waals surface area contributed by atoms with E-state index >= 15 is 0 Å². The summed E-state index contributed by atoms with van der Waals surface area (Å²) in [4.78, 5) is 21.2. The maximum atomic E-state index is 12.4. The first-order chi connectivity index (χ1) is 11.6. The molecule has 2 amide bonds. The Kier molecular flexibility index (Phi) is 5.68. The molecule has 6 heteroatoms. The number of thiazole rings is 1. The molecule has 1 N–H and O–H groups in total. The molecule has 2 heterocycles. The van der Waals surface area contributed by atoms with Gasteiger partial charge in [-0.25, -0.2) is 9.78 Å². The van der Waals surface area contributed by atoms with Crippen LogP contribution < -0.4 is 5.32 Å². The highest BCUT2D eigenvalue weighted by atomic mass is 32.1. The van der Waals surface area contributed by atoms with Crippen LogP contribution in [0.4, 0.5) is 4.79 Å². The molecular formula is C18H26N4OS. The highest BCUT2D eigenvalue weighted by Gasteiger charge is 2.20. The van der Waals surface area contributed by atoms with Crippen LogP contribution >= 0.6 is 11.3 Å². The molecule has 1 aromatic heterocycles. The quantitative estimate of drug-likeness (QED) is 0.902. The molecule has 1 aliphatic heterocycles. The second-order valence-corrected chi connectivity index (χ2v) is 7.50. The molecule has 3 rings (SSSR count). The van der Waals surface area contributed by atoms with E-state index < -0.39 is 0 Å². The lowest BCUT2D eigenvalue weighted by Gasteiger charge is -2.27. The van der Waals surface area contributed by atoms with Gasteiger partial charge in [0.25, 0.3) is 0 Å². The zero-order chi connectivity index (χ0) is 16.9. The van der Waals surface area contributed by atoms with Crippen molar-refractivity contribution in [3.05, 3.63) is 29.3 Å². The van der Waals surface area contributed by atoms with Crippen LogP contribution in [0.2, 0.25) is 0 Å². The van der Waals surface area contributed by atoms with Crippen molar-refractivity contribution in [2.45, 2.75) is 32.2 Å². The third-order valence-corrected chi connectivity index (χ3v) is 5.93. The predicted octanol–water partition coefficient (Wildman–Crippen LogP) is 3.48. The van der Waals surface area contributed by atoms with Crippen molar-refractivity contribution < 1.29 is 4.79 Å². The van der Waals surface area contributed by atoms with Gasteiger partial charge in [0.05, 0.1) is 16.3 Å². The van der Waals surface area contributed by atoms with Crippen molar-refractivity contribution in [2.75, 3.05) is 33.2 Å². The molecule has 1 saturated heterocycles. The first-order valence-corrected chi connectivity index (χ1v) is 9.55. The molecule has 5 nitrogen and oxygen atoms in total.